The Labute approximate surface area is 129 Å². The number of aryl methyl sites for hydroxylation is 1. The SMILES string of the molecule is CCNc1nc(NC2(C)CCOC2)c2cc(CC)sc2n1. The third-order valence-electron chi connectivity index (χ3n) is 3.77. The molecule has 0 aliphatic carbocycles. The Kier molecular flexibility index (Phi) is 3.99. The molecule has 1 atom stereocenters. The van der Waals surface area contributed by atoms with Crippen molar-refractivity contribution in [2.75, 3.05) is 30.4 Å². The highest BCUT2D eigenvalue weighted by Crippen LogP contribution is 2.33. The van der Waals surface area contributed by atoms with E-state index in [0.717, 1.165) is 48.6 Å². The number of nitrogens with zero attached hydrogens (tertiary/aromatic N) is 2. The topological polar surface area (TPSA) is 59.1 Å². The molecule has 114 valence electrons. The molecule has 1 aliphatic rings. The molecule has 3 heterocycles. The van der Waals surface area contributed by atoms with E-state index in [1.807, 2.05) is 0 Å². The van der Waals surface area contributed by atoms with E-state index in [2.05, 4.69) is 47.4 Å². The summed E-state index contributed by atoms with van der Waals surface area (Å²) in [6.45, 7) is 8.76. The summed E-state index contributed by atoms with van der Waals surface area (Å²) < 4.78 is 5.53. The van der Waals surface area contributed by atoms with Crippen LogP contribution >= 0.6 is 11.3 Å². The molecule has 0 spiro atoms. The maximum atomic E-state index is 5.53. The molecule has 0 bridgehead atoms. The highest BCUT2D eigenvalue weighted by molar-refractivity contribution is 7.18. The highest BCUT2D eigenvalue weighted by atomic mass is 32.1. The molecular weight excluding hydrogens is 284 g/mol. The van der Waals surface area contributed by atoms with Gasteiger partial charge in [0.05, 0.1) is 17.5 Å². The lowest BCUT2D eigenvalue weighted by Gasteiger charge is -2.24. The van der Waals surface area contributed by atoms with Crippen LogP contribution in [0.25, 0.3) is 10.2 Å². The first-order valence-electron chi connectivity index (χ1n) is 7.54. The molecular formula is C15H22N4OS. The highest BCUT2D eigenvalue weighted by Gasteiger charge is 2.30. The lowest BCUT2D eigenvalue weighted by Crippen LogP contribution is -2.35. The van der Waals surface area contributed by atoms with Crippen LogP contribution in [0.1, 0.15) is 32.1 Å². The van der Waals surface area contributed by atoms with Crippen LogP contribution in [0, 0.1) is 0 Å². The van der Waals surface area contributed by atoms with Crippen LogP contribution in [-0.4, -0.2) is 35.3 Å². The second kappa shape index (κ2) is 5.77. The van der Waals surface area contributed by atoms with Gasteiger partial charge < -0.3 is 15.4 Å². The van der Waals surface area contributed by atoms with Crippen LogP contribution in [-0.2, 0) is 11.2 Å². The smallest absolute Gasteiger partial charge is 0.226 e. The summed E-state index contributed by atoms with van der Waals surface area (Å²) in [6, 6.07) is 2.21. The minimum atomic E-state index is -0.0426. The van der Waals surface area contributed by atoms with Crippen molar-refractivity contribution >= 4 is 33.3 Å². The summed E-state index contributed by atoms with van der Waals surface area (Å²) in [5.74, 6) is 1.61. The predicted molar refractivity (Wildman–Crippen MR) is 88.4 cm³/mol. The molecule has 6 heteroatoms. The lowest BCUT2D eigenvalue weighted by molar-refractivity contribution is 0.185. The van der Waals surface area contributed by atoms with E-state index in [4.69, 9.17) is 4.74 Å². The summed E-state index contributed by atoms with van der Waals surface area (Å²) >= 11 is 1.75. The number of nitrogens with one attached hydrogen (secondary N) is 2. The summed E-state index contributed by atoms with van der Waals surface area (Å²) in [7, 11) is 0. The van der Waals surface area contributed by atoms with Crippen LogP contribution in [0.15, 0.2) is 6.07 Å². The first-order valence-corrected chi connectivity index (χ1v) is 8.35. The molecule has 2 aromatic rings. The zero-order valence-electron chi connectivity index (χ0n) is 12.8. The average molecular weight is 306 g/mol. The normalized spacial score (nSPS) is 21.9. The van der Waals surface area contributed by atoms with E-state index in [1.54, 1.807) is 11.3 Å². The summed E-state index contributed by atoms with van der Waals surface area (Å²) in [5, 5.41) is 7.92. The first kappa shape index (κ1) is 14.5. The molecule has 1 fully saturated rings. The molecule has 0 amide bonds. The van der Waals surface area contributed by atoms with Gasteiger partial charge in [0.1, 0.15) is 10.6 Å². The maximum absolute atomic E-state index is 5.53. The predicted octanol–water partition coefficient (Wildman–Crippen LogP) is 3.28. The van der Waals surface area contributed by atoms with Crippen LogP contribution in [0.3, 0.4) is 0 Å². The quantitative estimate of drug-likeness (QED) is 0.888. The molecule has 1 saturated heterocycles. The third-order valence-corrected chi connectivity index (χ3v) is 4.94. The van der Waals surface area contributed by atoms with E-state index < -0.39 is 0 Å². The zero-order valence-corrected chi connectivity index (χ0v) is 13.6. The van der Waals surface area contributed by atoms with Crippen molar-refractivity contribution in [2.24, 2.45) is 0 Å². The van der Waals surface area contributed by atoms with Gasteiger partial charge in [0, 0.05) is 18.0 Å². The number of anilines is 2. The molecule has 1 unspecified atom stereocenters. The van der Waals surface area contributed by atoms with Crippen LogP contribution in [0.2, 0.25) is 0 Å². The van der Waals surface area contributed by atoms with Gasteiger partial charge in [0.15, 0.2) is 0 Å². The van der Waals surface area contributed by atoms with E-state index in [9.17, 15) is 0 Å². The van der Waals surface area contributed by atoms with Gasteiger partial charge in [-0.05, 0) is 32.8 Å². The van der Waals surface area contributed by atoms with Crippen LogP contribution in [0.5, 0.6) is 0 Å². The van der Waals surface area contributed by atoms with Gasteiger partial charge in [-0.2, -0.15) is 4.98 Å². The van der Waals surface area contributed by atoms with E-state index in [0.29, 0.717) is 5.95 Å². The third kappa shape index (κ3) is 2.96. The molecule has 1 aliphatic heterocycles. The summed E-state index contributed by atoms with van der Waals surface area (Å²) in [6.07, 6.45) is 2.02. The van der Waals surface area contributed by atoms with Crippen molar-refractivity contribution in [1.82, 2.24) is 9.97 Å². The summed E-state index contributed by atoms with van der Waals surface area (Å²) in [5.41, 5.74) is -0.0426. The molecule has 0 aromatic carbocycles. The van der Waals surface area contributed by atoms with E-state index in [-0.39, 0.29) is 5.54 Å². The van der Waals surface area contributed by atoms with Crippen molar-refractivity contribution in [1.29, 1.82) is 0 Å². The van der Waals surface area contributed by atoms with E-state index in [1.165, 1.54) is 4.88 Å². The second-order valence-corrected chi connectivity index (χ2v) is 6.81. The van der Waals surface area contributed by atoms with Crippen molar-refractivity contribution in [2.45, 2.75) is 39.2 Å². The van der Waals surface area contributed by atoms with Crippen molar-refractivity contribution < 1.29 is 4.74 Å². The number of thiophene rings is 1. The number of hydrogen-bond acceptors (Lipinski definition) is 6. The van der Waals surface area contributed by atoms with Gasteiger partial charge >= 0.3 is 0 Å². The average Bonchev–Trinajstić information content (AvgIpc) is 3.05. The Morgan fingerprint density at radius 1 is 1.38 bits per heavy atom. The molecule has 5 nitrogen and oxygen atoms in total. The number of ether oxygens (including phenoxy) is 1. The molecule has 2 N–H and O–H groups in total. The van der Waals surface area contributed by atoms with Gasteiger partial charge in [-0.3, -0.25) is 0 Å². The second-order valence-electron chi connectivity index (χ2n) is 5.70. The minimum Gasteiger partial charge on any atom is -0.379 e. The Morgan fingerprint density at radius 3 is 2.90 bits per heavy atom. The number of aromatic nitrogens is 2. The number of rotatable bonds is 5. The van der Waals surface area contributed by atoms with E-state index >= 15 is 0 Å². The molecule has 3 rings (SSSR count). The standard InChI is InChI=1S/C15H22N4OS/c1-4-10-8-11-12(19-15(3)6-7-20-9-15)17-14(16-5-2)18-13(11)21-10/h8H,4-7,9H2,1-3H3,(H2,16,17,18,19). The Morgan fingerprint density at radius 2 is 2.24 bits per heavy atom. The van der Waals surface area contributed by atoms with Gasteiger partial charge in [-0.25, -0.2) is 4.98 Å². The molecule has 0 radical (unpaired) electrons. The number of hydrogen-bond donors (Lipinski definition) is 2. The van der Waals surface area contributed by atoms with Crippen LogP contribution < -0.4 is 10.6 Å². The van der Waals surface area contributed by atoms with Gasteiger partial charge in [-0.15, -0.1) is 11.3 Å². The fourth-order valence-corrected chi connectivity index (χ4v) is 3.50. The Bertz CT molecular complexity index is 634. The molecule has 2 aromatic heterocycles. The first-order chi connectivity index (χ1) is 10.1. The molecule has 21 heavy (non-hydrogen) atoms. The fraction of sp³-hybridized carbons (Fsp3) is 0.600. The molecule has 0 saturated carbocycles. The van der Waals surface area contributed by atoms with Crippen LogP contribution in [0.4, 0.5) is 11.8 Å². The van der Waals surface area contributed by atoms with Crippen molar-refractivity contribution in [3.05, 3.63) is 10.9 Å². The summed E-state index contributed by atoms with van der Waals surface area (Å²) in [4.78, 5) is 11.7. The maximum Gasteiger partial charge on any atom is 0.226 e. The fourth-order valence-electron chi connectivity index (χ4n) is 2.53. The monoisotopic (exact) mass is 306 g/mol. The lowest BCUT2D eigenvalue weighted by atomic mass is 10.0. The Balaban J connectivity index is 2.02. The minimum absolute atomic E-state index is 0.0426. The largest absolute Gasteiger partial charge is 0.379 e. The van der Waals surface area contributed by atoms with Crippen molar-refractivity contribution in [3.63, 3.8) is 0 Å². The zero-order chi connectivity index (χ0) is 14.9. The van der Waals surface area contributed by atoms with Crippen molar-refractivity contribution in [3.8, 4) is 0 Å². The van der Waals surface area contributed by atoms with Gasteiger partial charge in [-0.1, -0.05) is 6.92 Å². The van der Waals surface area contributed by atoms with Gasteiger partial charge in [0.25, 0.3) is 0 Å². The Hall–Kier alpha value is -1.40. The number of fused-ring (bicyclic) bond motifs is 1. The van der Waals surface area contributed by atoms with Gasteiger partial charge in [0.2, 0.25) is 5.95 Å².